The van der Waals surface area contributed by atoms with Crippen molar-refractivity contribution < 1.29 is 0 Å². The number of hydrogen-bond donors (Lipinski definition) is 1. The summed E-state index contributed by atoms with van der Waals surface area (Å²) >= 11 is 0. The van der Waals surface area contributed by atoms with Crippen LogP contribution in [0, 0.1) is 6.92 Å². The molecule has 0 atom stereocenters. The first kappa shape index (κ1) is 12.5. The number of nitrogen functional groups attached to an aromatic ring is 1. The standard InChI is InChI=1S/C14H20N4/c1-4-18-14(13(15)11(2)16-18)17(3)10-12-8-6-5-7-9-12/h5-9H,4,10,15H2,1-3H3. The van der Waals surface area contributed by atoms with E-state index in [9.17, 15) is 0 Å². The van der Waals surface area contributed by atoms with Gasteiger partial charge >= 0.3 is 0 Å². The van der Waals surface area contributed by atoms with Gasteiger partial charge < -0.3 is 10.6 Å². The predicted octanol–water partition coefficient (Wildman–Crippen LogP) is 2.43. The van der Waals surface area contributed by atoms with Gasteiger partial charge in [-0.15, -0.1) is 0 Å². The largest absolute Gasteiger partial charge is 0.394 e. The third-order valence-corrected chi connectivity index (χ3v) is 3.07. The lowest BCUT2D eigenvalue weighted by Crippen LogP contribution is -2.21. The van der Waals surface area contributed by atoms with Crippen molar-refractivity contribution in [3.05, 3.63) is 41.6 Å². The number of aryl methyl sites for hydroxylation is 2. The van der Waals surface area contributed by atoms with Crippen molar-refractivity contribution in [2.45, 2.75) is 26.9 Å². The normalized spacial score (nSPS) is 10.6. The van der Waals surface area contributed by atoms with Crippen LogP contribution in [0.3, 0.4) is 0 Å². The fourth-order valence-corrected chi connectivity index (χ4v) is 2.14. The van der Waals surface area contributed by atoms with Gasteiger partial charge in [-0.2, -0.15) is 5.10 Å². The quantitative estimate of drug-likeness (QED) is 0.898. The van der Waals surface area contributed by atoms with Crippen molar-refractivity contribution in [1.29, 1.82) is 0 Å². The van der Waals surface area contributed by atoms with Crippen LogP contribution in [-0.4, -0.2) is 16.8 Å². The van der Waals surface area contributed by atoms with Crippen LogP contribution in [0.4, 0.5) is 11.5 Å². The molecule has 0 fully saturated rings. The summed E-state index contributed by atoms with van der Waals surface area (Å²) in [5.41, 5.74) is 9.04. The molecule has 0 bridgehead atoms. The van der Waals surface area contributed by atoms with Gasteiger partial charge in [0.15, 0.2) is 5.82 Å². The van der Waals surface area contributed by atoms with Gasteiger partial charge in [0.25, 0.3) is 0 Å². The third-order valence-electron chi connectivity index (χ3n) is 3.07. The van der Waals surface area contributed by atoms with Crippen LogP contribution >= 0.6 is 0 Å². The summed E-state index contributed by atoms with van der Waals surface area (Å²) in [5.74, 6) is 0.999. The molecule has 0 aliphatic heterocycles. The second-order valence-corrected chi connectivity index (χ2v) is 4.48. The number of benzene rings is 1. The molecule has 1 aromatic heterocycles. The number of rotatable bonds is 4. The molecule has 4 heteroatoms. The fraction of sp³-hybridized carbons (Fsp3) is 0.357. The van der Waals surface area contributed by atoms with Gasteiger partial charge in [-0.1, -0.05) is 30.3 Å². The average Bonchev–Trinajstić information content (AvgIpc) is 2.66. The van der Waals surface area contributed by atoms with Crippen molar-refractivity contribution in [2.75, 3.05) is 17.7 Å². The highest BCUT2D eigenvalue weighted by Crippen LogP contribution is 2.26. The number of anilines is 2. The first-order valence-electron chi connectivity index (χ1n) is 6.21. The molecule has 2 rings (SSSR count). The summed E-state index contributed by atoms with van der Waals surface area (Å²) < 4.78 is 1.95. The molecule has 96 valence electrons. The maximum atomic E-state index is 6.11. The van der Waals surface area contributed by atoms with E-state index >= 15 is 0 Å². The SMILES string of the molecule is CCn1nc(C)c(N)c1N(C)Cc1ccccc1. The van der Waals surface area contributed by atoms with Crippen LogP contribution in [0.2, 0.25) is 0 Å². The molecule has 0 radical (unpaired) electrons. The van der Waals surface area contributed by atoms with Gasteiger partial charge in [-0.3, -0.25) is 0 Å². The minimum atomic E-state index is 0.773. The Morgan fingerprint density at radius 1 is 1.28 bits per heavy atom. The number of nitrogens with zero attached hydrogens (tertiary/aromatic N) is 3. The van der Waals surface area contributed by atoms with Gasteiger partial charge in [0.05, 0.1) is 11.4 Å². The monoisotopic (exact) mass is 244 g/mol. The Kier molecular flexibility index (Phi) is 3.55. The lowest BCUT2D eigenvalue weighted by atomic mass is 10.2. The topological polar surface area (TPSA) is 47.1 Å². The molecular weight excluding hydrogens is 224 g/mol. The molecule has 1 heterocycles. The smallest absolute Gasteiger partial charge is 0.150 e. The number of hydrogen-bond acceptors (Lipinski definition) is 3. The summed E-state index contributed by atoms with van der Waals surface area (Å²) in [6, 6.07) is 10.4. The van der Waals surface area contributed by atoms with Crippen molar-refractivity contribution in [2.24, 2.45) is 0 Å². The van der Waals surface area contributed by atoms with Crippen molar-refractivity contribution in [3.63, 3.8) is 0 Å². The Hall–Kier alpha value is -1.97. The summed E-state index contributed by atoms with van der Waals surface area (Å²) in [6.45, 7) is 5.68. The molecule has 0 spiro atoms. The Morgan fingerprint density at radius 2 is 1.94 bits per heavy atom. The summed E-state index contributed by atoms with van der Waals surface area (Å²) in [5, 5.41) is 4.44. The van der Waals surface area contributed by atoms with E-state index in [4.69, 9.17) is 5.73 Å². The van der Waals surface area contributed by atoms with Crippen molar-refractivity contribution >= 4 is 11.5 Å². The minimum absolute atomic E-state index is 0.773. The number of aromatic nitrogens is 2. The van der Waals surface area contributed by atoms with E-state index < -0.39 is 0 Å². The van der Waals surface area contributed by atoms with E-state index in [-0.39, 0.29) is 0 Å². The van der Waals surface area contributed by atoms with Gasteiger partial charge in [0.2, 0.25) is 0 Å². The van der Waals surface area contributed by atoms with Crippen molar-refractivity contribution in [3.8, 4) is 0 Å². The van der Waals surface area contributed by atoms with Crippen LogP contribution in [-0.2, 0) is 13.1 Å². The van der Waals surface area contributed by atoms with Gasteiger partial charge in [-0.05, 0) is 19.4 Å². The van der Waals surface area contributed by atoms with E-state index in [1.165, 1.54) is 5.56 Å². The predicted molar refractivity (Wildman–Crippen MR) is 75.6 cm³/mol. The van der Waals surface area contributed by atoms with E-state index in [0.717, 1.165) is 30.3 Å². The molecule has 18 heavy (non-hydrogen) atoms. The molecule has 0 unspecified atom stereocenters. The number of nitrogens with two attached hydrogens (primary N) is 1. The third kappa shape index (κ3) is 2.32. The molecule has 0 aliphatic rings. The zero-order valence-corrected chi connectivity index (χ0v) is 11.2. The zero-order valence-electron chi connectivity index (χ0n) is 11.2. The minimum Gasteiger partial charge on any atom is -0.394 e. The zero-order chi connectivity index (χ0) is 13.1. The highest BCUT2D eigenvalue weighted by atomic mass is 15.4. The molecular formula is C14H20N4. The Bertz CT molecular complexity index is 516. The molecule has 2 aromatic rings. The Labute approximate surface area is 108 Å². The van der Waals surface area contributed by atoms with Gasteiger partial charge in [0, 0.05) is 20.1 Å². The van der Waals surface area contributed by atoms with E-state index in [0.29, 0.717) is 0 Å². The molecule has 0 saturated carbocycles. The van der Waals surface area contributed by atoms with Crippen LogP contribution in [0.25, 0.3) is 0 Å². The van der Waals surface area contributed by atoms with E-state index in [2.05, 4.69) is 41.2 Å². The van der Waals surface area contributed by atoms with E-state index in [1.807, 2.05) is 24.7 Å². The Balaban J connectivity index is 2.26. The second-order valence-electron chi connectivity index (χ2n) is 4.48. The fourth-order valence-electron chi connectivity index (χ4n) is 2.14. The van der Waals surface area contributed by atoms with Gasteiger partial charge in [0.1, 0.15) is 0 Å². The van der Waals surface area contributed by atoms with Crippen LogP contribution in [0.15, 0.2) is 30.3 Å². The molecule has 2 N–H and O–H groups in total. The lowest BCUT2D eigenvalue weighted by Gasteiger charge is -2.20. The summed E-state index contributed by atoms with van der Waals surface area (Å²) in [4.78, 5) is 2.15. The molecule has 0 aliphatic carbocycles. The first-order valence-corrected chi connectivity index (χ1v) is 6.21. The summed E-state index contributed by atoms with van der Waals surface area (Å²) in [6.07, 6.45) is 0. The van der Waals surface area contributed by atoms with Crippen LogP contribution in [0.5, 0.6) is 0 Å². The maximum Gasteiger partial charge on any atom is 0.150 e. The van der Waals surface area contributed by atoms with Crippen LogP contribution in [0.1, 0.15) is 18.2 Å². The highest BCUT2D eigenvalue weighted by Gasteiger charge is 2.15. The van der Waals surface area contributed by atoms with E-state index in [1.54, 1.807) is 0 Å². The average molecular weight is 244 g/mol. The van der Waals surface area contributed by atoms with Crippen LogP contribution < -0.4 is 10.6 Å². The molecule has 0 amide bonds. The Morgan fingerprint density at radius 3 is 2.56 bits per heavy atom. The van der Waals surface area contributed by atoms with Gasteiger partial charge in [-0.25, -0.2) is 4.68 Å². The lowest BCUT2D eigenvalue weighted by molar-refractivity contribution is 0.640. The van der Waals surface area contributed by atoms with Crippen molar-refractivity contribution in [1.82, 2.24) is 9.78 Å². The molecule has 4 nitrogen and oxygen atoms in total. The molecule has 0 saturated heterocycles. The summed E-state index contributed by atoms with van der Waals surface area (Å²) in [7, 11) is 2.05. The molecule has 1 aromatic carbocycles. The maximum absolute atomic E-state index is 6.11. The highest BCUT2D eigenvalue weighted by molar-refractivity contribution is 5.66. The first-order chi connectivity index (χ1) is 8.63. The second kappa shape index (κ2) is 5.12.